The number of urea groups is 2. The zero-order valence-corrected chi connectivity index (χ0v) is 14.7. The number of nitrogens with zero attached hydrogens (tertiary/aromatic N) is 4. The van der Waals surface area contributed by atoms with Gasteiger partial charge in [-0.2, -0.15) is 0 Å². The molecule has 0 aromatic heterocycles. The SMILES string of the molecule is O=C1N(CO)C(O)C(O)N1CCCOCCCN1C(=O)N(CO)C(O)C1O. The lowest BCUT2D eigenvalue weighted by Crippen LogP contribution is -2.38. The minimum absolute atomic E-state index is 0.120. The van der Waals surface area contributed by atoms with Gasteiger partial charge in [-0.1, -0.05) is 0 Å². The monoisotopic (exact) mass is 394 g/mol. The molecule has 0 radical (unpaired) electrons. The molecule has 2 fully saturated rings. The van der Waals surface area contributed by atoms with Crippen molar-refractivity contribution in [1.82, 2.24) is 19.6 Å². The maximum Gasteiger partial charge on any atom is 0.326 e. The summed E-state index contributed by atoms with van der Waals surface area (Å²) >= 11 is 0. The summed E-state index contributed by atoms with van der Waals surface area (Å²) < 4.78 is 5.36. The van der Waals surface area contributed by atoms with Crippen LogP contribution in [0.1, 0.15) is 12.8 Å². The van der Waals surface area contributed by atoms with E-state index in [1.165, 1.54) is 0 Å². The summed E-state index contributed by atoms with van der Waals surface area (Å²) in [7, 11) is 0. The number of carbonyl (C=O) groups excluding carboxylic acids is 2. The second-order valence-electron chi connectivity index (χ2n) is 6.15. The zero-order valence-electron chi connectivity index (χ0n) is 14.7. The molecule has 0 bridgehead atoms. The molecule has 4 amide bonds. The molecule has 13 heteroatoms. The molecule has 2 saturated heterocycles. The van der Waals surface area contributed by atoms with Gasteiger partial charge in [-0.15, -0.1) is 0 Å². The summed E-state index contributed by atoms with van der Waals surface area (Å²) in [5.74, 6) is 0. The predicted octanol–water partition coefficient (Wildman–Crippen LogP) is -3.57. The lowest BCUT2D eigenvalue weighted by Gasteiger charge is -2.20. The lowest BCUT2D eigenvalue weighted by atomic mass is 10.3. The van der Waals surface area contributed by atoms with Gasteiger partial charge in [0.05, 0.1) is 0 Å². The van der Waals surface area contributed by atoms with Crippen LogP contribution in [-0.4, -0.2) is 127 Å². The van der Waals surface area contributed by atoms with Crippen molar-refractivity contribution in [2.75, 3.05) is 39.8 Å². The van der Waals surface area contributed by atoms with E-state index in [4.69, 9.17) is 14.9 Å². The third-order valence-corrected chi connectivity index (χ3v) is 4.47. The van der Waals surface area contributed by atoms with Gasteiger partial charge in [-0.3, -0.25) is 19.6 Å². The van der Waals surface area contributed by atoms with Gasteiger partial charge in [-0.25, -0.2) is 9.59 Å². The van der Waals surface area contributed by atoms with Crippen molar-refractivity contribution >= 4 is 12.1 Å². The highest BCUT2D eigenvalue weighted by Gasteiger charge is 2.44. The number of carbonyl (C=O) groups is 2. The standard InChI is InChI=1S/C14H26N4O9/c19-7-17-11(23)9(21)15(13(17)25)3-1-5-27-6-2-4-16-10(22)12(24)18(8-20)14(16)26/h9-12,19-24H,1-8H2. The molecule has 0 aromatic carbocycles. The molecule has 2 heterocycles. The smallest absolute Gasteiger partial charge is 0.326 e. The van der Waals surface area contributed by atoms with Gasteiger partial charge >= 0.3 is 12.1 Å². The largest absolute Gasteiger partial charge is 0.381 e. The first kappa shape index (κ1) is 21.6. The van der Waals surface area contributed by atoms with Crippen LogP contribution in [0.25, 0.3) is 0 Å². The average Bonchev–Trinajstić information content (AvgIpc) is 2.98. The van der Waals surface area contributed by atoms with Crippen molar-refractivity contribution in [3.05, 3.63) is 0 Å². The van der Waals surface area contributed by atoms with Crippen molar-refractivity contribution in [3.8, 4) is 0 Å². The van der Waals surface area contributed by atoms with Gasteiger partial charge in [-0.05, 0) is 12.8 Å². The van der Waals surface area contributed by atoms with Crippen LogP contribution in [0, 0.1) is 0 Å². The molecular weight excluding hydrogens is 368 g/mol. The number of hydrogen-bond donors (Lipinski definition) is 6. The van der Waals surface area contributed by atoms with Crippen molar-refractivity contribution in [2.24, 2.45) is 0 Å². The number of rotatable bonds is 10. The van der Waals surface area contributed by atoms with E-state index in [0.717, 1.165) is 19.6 Å². The average molecular weight is 394 g/mol. The fourth-order valence-electron chi connectivity index (χ4n) is 2.95. The van der Waals surface area contributed by atoms with E-state index in [0.29, 0.717) is 12.8 Å². The summed E-state index contributed by atoms with van der Waals surface area (Å²) in [6.45, 7) is -0.675. The van der Waals surface area contributed by atoms with Gasteiger partial charge in [0.2, 0.25) is 0 Å². The second kappa shape index (κ2) is 9.45. The maximum atomic E-state index is 11.8. The first-order valence-corrected chi connectivity index (χ1v) is 8.51. The molecule has 0 aliphatic carbocycles. The van der Waals surface area contributed by atoms with E-state index in [1.54, 1.807) is 0 Å². The lowest BCUT2D eigenvalue weighted by molar-refractivity contribution is -0.0826. The van der Waals surface area contributed by atoms with E-state index >= 15 is 0 Å². The molecule has 4 atom stereocenters. The third kappa shape index (κ3) is 4.40. The van der Waals surface area contributed by atoms with Gasteiger partial charge in [0.15, 0.2) is 24.9 Å². The first-order valence-electron chi connectivity index (χ1n) is 8.51. The predicted molar refractivity (Wildman–Crippen MR) is 86.1 cm³/mol. The Kier molecular flexibility index (Phi) is 7.55. The Morgan fingerprint density at radius 1 is 0.667 bits per heavy atom. The van der Waals surface area contributed by atoms with Crippen LogP contribution in [0.3, 0.4) is 0 Å². The molecule has 2 aliphatic rings. The van der Waals surface area contributed by atoms with E-state index in [9.17, 15) is 30.0 Å². The number of hydrogen-bond acceptors (Lipinski definition) is 9. The quantitative estimate of drug-likeness (QED) is 0.205. The van der Waals surface area contributed by atoms with Gasteiger partial charge in [0.1, 0.15) is 13.5 Å². The normalized spacial score (nSPS) is 28.8. The number of ether oxygens (including phenoxy) is 1. The van der Waals surface area contributed by atoms with Crippen LogP contribution < -0.4 is 0 Å². The summed E-state index contributed by atoms with van der Waals surface area (Å²) in [6.07, 6.45) is -5.07. The van der Waals surface area contributed by atoms with E-state index in [2.05, 4.69) is 0 Å². The fraction of sp³-hybridized carbons (Fsp3) is 0.857. The Morgan fingerprint density at radius 3 is 1.30 bits per heavy atom. The van der Waals surface area contributed by atoms with Gasteiger partial charge in [0.25, 0.3) is 0 Å². The zero-order chi connectivity index (χ0) is 20.1. The Balaban J connectivity index is 1.62. The van der Waals surface area contributed by atoms with Crippen molar-refractivity contribution < 1.29 is 45.0 Å². The molecule has 6 N–H and O–H groups in total. The highest BCUT2D eigenvalue weighted by atomic mass is 16.5. The summed E-state index contributed by atoms with van der Waals surface area (Å²) in [6, 6.07) is -1.35. The maximum absolute atomic E-state index is 11.8. The number of aliphatic hydroxyl groups excluding tert-OH is 6. The van der Waals surface area contributed by atoms with Crippen LogP contribution >= 0.6 is 0 Å². The molecule has 27 heavy (non-hydrogen) atoms. The van der Waals surface area contributed by atoms with Crippen molar-refractivity contribution in [3.63, 3.8) is 0 Å². The molecular formula is C14H26N4O9. The van der Waals surface area contributed by atoms with E-state index in [1.807, 2.05) is 0 Å². The third-order valence-electron chi connectivity index (χ3n) is 4.47. The molecule has 156 valence electrons. The Bertz CT molecular complexity index is 481. The minimum atomic E-state index is -1.48. The van der Waals surface area contributed by atoms with E-state index in [-0.39, 0.29) is 26.3 Å². The molecule has 4 unspecified atom stereocenters. The fourth-order valence-corrected chi connectivity index (χ4v) is 2.95. The number of aliphatic hydroxyl groups is 6. The molecule has 13 nitrogen and oxygen atoms in total. The highest BCUT2D eigenvalue weighted by molar-refractivity contribution is 5.77. The van der Waals surface area contributed by atoms with Crippen LogP contribution in [0.15, 0.2) is 0 Å². The Hall–Kier alpha value is -1.74. The molecule has 0 aromatic rings. The Morgan fingerprint density at radius 2 is 1.00 bits per heavy atom. The Labute approximate surface area is 155 Å². The molecule has 0 spiro atoms. The minimum Gasteiger partial charge on any atom is -0.381 e. The van der Waals surface area contributed by atoms with Crippen LogP contribution in [0.2, 0.25) is 0 Å². The number of amides is 4. The highest BCUT2D eigenvalue weighted by Crippen LogP contribution is 2.20. The van der Waals surface area contributed by atoms with Gasteiger partial charge < -0.3 is 35.4 Å². The van der Waals surface area contributed by atoms with Gasteiger partial charge in [0, 0.05) is 26.3 Å². The summed E-state index contributed by atoms with van der Waals surface area (Å²) in [4.78, 5) is 27.2. The van der Waals surface area contributed by atoms with Crippen LogP contribution in [0.4, 0.5) is 9.59 Å². The summed E-state index contributed by atoms with van der Waals surface area (Å²) in [5, 5.41) is 56.7. The summed E-state index contributed by atoms with van der Waals surface area (Å²) in [5.41, 5.74) is 0. The topological polar surface area (TPSA) is 178 Å². The van der Waals surface area contributed by atoms with E-state index < -0.39 is 50.4 Å². The molecule has 2 aliphatic heterocycles. The molecule has 2 rings (SSSR count). The van der Waals surface area contributed by atoms with Crippen LogP contribution in [-0.2, 0) is 4.74 Å². The van der Waals surface area contributed by atoms with Crippen LogP contribution in [0.5, 0.6) is 0 Å². The second-order valence-corrected chi connectivity index (χ2v) is 6.15. The van der Waals surface area contributed by atoms with Crippen molar-refractivity contribution in [1.29, 1.82) is 0 Å². The molecule has 0 saturated carbocycles. The van der Waals surface area contributed by atoms with Crippen molar-refractivity contribution in [2.45, 2.75) is 37.8 Å². The first-order chi connectivity index (χ1) is 12.8.